The van der Waals surface area contributed by atoms with E-state index >= 15 is 0 Å². The van der Waals surface area contributed by atoms with Crippen LogP contribution in [0.3, 0.4) is 0 Å². The fraction of sp³-hybridized carbons (Fsp3) is 0.500. The second kappa shape index (κ2) is 12.4. The van der Waals surface area contributed by atoms with Crippen LogP contribution in [-0.4, -0.2) is 93.3 Å². The van der Waals surface area contributed by atoms with Gasteiger partial charge in [0.2, 0.25) is 0 Å². The summed E-state index contributed by atoms with van der Waals surface area (Å²) in [4.78, 5) is 40.1. The number of piperazine rings is 2. The van der Waals surface area contributed by atoms with Crippen molar-refractivity contribution in [1.82, 2.24) is 35.0 Å². The Balaban J connectivity index is 1.40. The molecule has 0 spiro atoms. The number of aliphatic imine (C=N–C) groups is 1. The van der Waals surface area contributed by atoms with Crippen LogP contribution < -0.4 is 10.6 Å². The number of carbonyl (C=O) groups excluding carboxylic acids is 2. The number of hydrogen-bond donors (Lipinski definition) is 2. The summed E-state index contributed by atoms with van der Waals surface area (Å²) in [7, 11) is 0. The maximum Gasteiger partial charge on any atom is 0.274 e. The SMILES string of the molecule is C=NC(=CCCC1(C)CNCCN1C(=O)c1cn2nc(-c3ccc(F)cc3)cc(C(C)(C)C)c2n1)C(=O)N1CCNCC1(C)C. The van der Waals surface area contributed by atoms with Crippen LogP contribution in [0.15, 0.2) is 53.3 Å². The van der Waals surface area contributed by atoms with Crippen LogP contribution in [0.2, 0.25) is 0 Å². The van der Waals surface area contributed by atoms with Gasteiger partial charge in [-0.3, -0.25) is 14.6 Å². The van der Waals surface area contributed by atoms with E-state index in [0.717, 1.165) is 17.7 Å². The van der Waals surface area contributed by atoms with Crippen molar-refractivity contribution in [1.29, 1.82) is 0 Å². The third-order valence-electron chi connectivity index (χ3n) is 8.96. The van der Waals surface area contributed by atoms with Gasteiger partial charge in [0, 0.05) is 50.4 Å². The Bertz CT molecular complexity index is 1620. The van der Waals surface area contributed by atoms with Gasteiger partial charge in [0.05, 0.1) is 23.0 Å². The normalized spacial score (nSPS) is 20.8. The first-order valence-corrected chi connectivity index (χ1v) is 15.6. The Morgan fingerprint density at radius 1 is 1.07 bits per heavy atom. The molecule has 4 heterocycles. The molecule has 2 amide bonds. The van der Waals surface area contributed by atoms with Crippen molar-refractivity contribution in [2.45, 2.75) is 70.9 Å². The van der Waals surface area contributed by atoms with Crippen LogP contribution in [0, 0.1) is 5.82 Å². The molecule has 1 unspecified atom stereocenters. The lowest BCUT2D eigenvalue weighted by Gasteiger charge is -2.45. The van der Waals surface area contributed by atoms with Crippen LogP contribution in [0.5, 0.6) is 0 Å². The third kappa shape index (κ3) is 6.69. The summed E-state index contributed by atoms with van der Waals surface area (Å²) >= 11 is 0. The maximum absolute atomic E-state index is 14.1. The summed E-state index contributed by atoms with van der Waals surface area (Å²) in [6.45, 7) is 20.0. The molecule has 1 atom stereocenters. The number of nitrogens with one attached hydrogen (secondary N) is 2. The summed E-state index contributed by atoms with van der Waals surface area (Å²) in [6, 6.07) is 8.20. The Hall–Kier alpha value is -3.96. The largest absolute Gasteiger partial charge is 0.330 e. The maximum atomic E-state index is 14.1. The van der Waals surface area contributed by atoms with E-state index in [2.05, 4.69) is 50.0 Å². The fourth-order valence-electron chi connectivity index (χ4n) is 6.25. The Kier molecular flexibility index (Phi) is 8.97. The predicted molar refractivity (Wildman–Crippen MR) is 175 cm³/mol. The minimum Gasteiger partial charge on any atom is -0.330 e. The van der Waals surface area contributed by atoms with E-state index in [4.69, 9.17) is 10.1 Å². The topological polar surface area (TPSA) is 107 Å². The van der Waals surface area contributed by atoms with Gasteiger partial charge < -0.3 is 20.4 Å². The van der Waals surface area contributed by atoms with E-state index in [1.165, 1.54) is 12.1 Å². The number of nitrogens with zero attached hydrogens (tertiary/aromatic N) is 6. The van der Waals surface area contributed by atoms with E-state index < -0.39 is 5.54 Å². The highest BCUT2D eigenvalue weighted by molar-refractivity contribution is 5.95. The zero-order valence-corrected chi connectivity index (χ0v) is 27.3. The lowest BCUT2D eigenvalue weighted by atomic mass is 9.87. The highest BCUT2D eigenvalue weighted by atomic mass is 19.1. The van der Waals surface area contributed by atoms with Crippen LogP contribution in [0.4, 0.5) is 4.39 Å². The van der Waals surface area contributed by atoms with Crippen molar-refractivity contribution in [3.63, 3.8) is 0 Å². The molecule has 0 saturated carbocycles. The molecule has 1 aromatic carbocycles. The second-order valence-electron chi connectivity index (χ2n) is 14.0. The van der Waals surface area contributed by atoms with Crippen molar-refractivity contribution < 1.29 is 14.0 Å². The molecule has 45 heavy (non-hydrogen) atoms. The number of amides is 2. The zero-order chi connectivity index (χ0) is 32.6. The number of halogens is 1. The van der Waals surface area contributed by atoms with Crippen LogP contribution in [0.1, 0.15) is 70.4 Å². The second-order valence-corrected chi connectivity index (χ2v) is 14.0. The quantitative estimate of drug-likeness (QED) is 0.304. The molecule has 2 N–H and O–H groups in total. The molecule has 240 valence electrons. The number of hydrogen-bond acceptors (Lipinski definition) is 7. The van der Waals surface area contributed by atoms with Crippen LogP contribution in [-0.2, 0) is 10.2 Å². The number of fused-ring (bicyclic) bond motifs is 1. The van der Waals surface area contributed by atoms with Gasteiger partial charge in [0.1, 0.15) is 17.2 Å². The Labute approximate surface area is 264 Å². The Morgan fingerprint density at radius 2 is 1.73 bits per heavy atom. The van der Waals surface area contributed by atoms with Gasteiger partial charge in [0.15, 0.2) is 5.65 Å². The molecule has 0 radical (unpaired) electrons. The predicted octanol–water partition coefficient (Wildman–Crippen LogP) is 4.21. The molecule has 10 nitrogen and oxygen atoms in total. The summed E-state index contributed by atoms with van der Waals surface area (Å²) < 4.78 is 15.3. The molecule has 3 aromatic rings. The number of benzene rings is 1. The highest BCUT2D eigenvalue weighted by Crippen LogP contribution is 2.31. The fourth-order valence-corrected chi connectivity index (χ4v) is 6.25. The van der Waals surface area contributed by atoms with Gasteiger partial charge in [0.25, 0.3) is 11.8 Å². The van der Waals surface area contributed by atoms with Crippen molar-refractivity contribution in [2.75, 3.05) is 39.3 Å². The van der Waals surface area contributed by atoms with Crippen molar-refractivity contribution in [3.05, 3.63) is 65.4 Å². The summed E-state index contributed by atoms with van der Waals surface area (Å²) in [5.74, 6) is -0.603. The molecule has 2 aromatic heterocycles. The molecule has 2 saturated heterocycles. The molecule has 5 rings (SSSR count). The molecule has 11 heteroatoms. The molecule has 2 aliphatic heterocycles. The van der Waals surface area contributed by atoms with Crippen molar-refractivity contribution in [2.24, 2.45) is 4.99 Å². The van der Waals surface area contributed by atoms with E-state index in [-0.39, 0.29) is 28.6 Å². The first-order valence-electron chi connectivity index (χ1n) is 15.6. The summed E-state index contributed by atoms with van der Waals surface area (Å²) in [5.41, 5.74) is 2.54. The first-order chi connectivity index (χ1) is 21.2. The van der Waals surface area contributed by atoms with Crippen LogP contribution in [0.25, 0.3) is 16.9 Å². The average molecular weight is 617 g/mol. The lowest BCUT2D eigenvalue weighted by Crippen LogP contribution is -2.61. The average Bonchev–Trinajstić information content (AvgIpc) is 3.42. The number of imidazole rings is 1. The monoisotopic (exact) mass is 616 g/mol. The molecule has 0 aliphatic carbocycles. The molecule has 2 fully saturated rings. The van der Waals surface area contributed by atoms with Crippen LogP contribution >= 0.6 is 0 Å². The minimum atomic E-state index is -0.523. The van der Waals surface area contributed by atoms with Crippen molar-refractivity contribution >= 4 is 24.2 Å². The number of allylic oxidation sites excluding steroid dienone is 1. The van der Waals surface area contributed by atoms with Crippen molar-refractivity contribution in [3.8, 4) is 11.3 Å². The number of carbonyl (C=O) groups is 2. The zero-order valence-electron chi connectivity index (χ0n) is 27.3. The van der Waals surface area contributed by atoms with Gasteiger partial charge >= 0.3 is 0 Å². The van der Waals surface area contributed by atoms with Gasteiger partial charge in [-0.2, -0.15) is 5.10 Å². The lowest BCUT2D eigenvalue weighted by molar-refractivity contribution is -0.133. The van der Waals surface area contributed by atoms with Gasteiger partial charge in [-0.15, -0.1) is 0 Å². The summed E-state index contributed by atoms with van der Waals surface area (Å²) in [5, 5.41) is 11.5. The highest BCUT2D eigenvalue weighted by Gasteiger charge is 2.39. The van der Waals surface area contributed by atoms with E-state index in [0.29, 0.717) is 68.3 Å². The van der Waals surface area contributed by atoms with E-state index in [1.54, 1.807) is 22.8 Å². The number of aromatic nitrogens is 3. The van der Waals surface area contributed by atoms with E-state index in [9.17, 15) is 14.0 Å². The smallest absolute Gasteiger partial charge is 0.274 e. The standard InChI is InChI=1S/C34H45FN8O2/c1-32(2,3)25-19-27(23-10-12-24(35)13-11-23)40-43-20-28(39-29(25)43)31(45)42-18-16-38-22-34(42,6)14-8-9-26(36-7)30(44)41-17-15-37-21-33(41,4)5/h9-13,19-20,37-38H,7-8,14-18,21-22H2,1-6H3. The Morgan fingerprint density at radius 3 is 2.38 bits per heavy atom. The first kappa shape index (κ1) is 32.4. The van der Waals surface area contributed by atoms with E-state index in [1.807, 2.05) is 35.8 Å². The third-order valence-corrected chi connectivity index (χ3v) is 8.96. The van der Waals surface area contributed by atoms with Gasteiger partial charge in [-0.05, 0) is 76.1 Å². The molecular weight excluding hydrogens is 571 g/mol. The minimum absolute atomic E-state index is 0.122. The van der Waals surface area contributed by atoms with Gasteiger partial charge in [-0.1, -0.05) is 26.8 Å². The summed E-state index contributed by atoms with van der Waals surface area (Å²) in [6.07, 6.45) is 4.71. The molecule has 2 aliphatic rings. The van der Waals surface area contributed by atoms with Gasteiger partial charge in [-0.25, -0.2) is 13.9 Å². The molecule has 0 bridgehead atoms. The number of rotatable bonds is 7. The molecular formula is C34H45FN8O2.